The first-order chi connectivity index (χ1) is 9.96. The molecule has 21 heavy (non-hydrogen) atoms. The number of nitrogens with zero attached hydrogens (tertiary/aromatic N) is 2. The quantitative estimate of drug-likeness (QED) is 0.241. The van der Waals surface area contributed by atoms with E-state index in [0.717, 1.165) is 5.70 Å². The van der Waals surface area contributed by atoms with Gasteiger partial charge < -0.3 is 20.6 Å². The van der Waals surface area contributed by atoms with E-state index >= 15 is 0 Å². The monoisotopic (exact) mass is 294 g/mol. The number of aliphatic hydroxyl groups excluding tert-OH is 1. The minimum absolute atomic E-state index is 0.0874. The molecule has 3 N–H and O–H groups in total. The maximum Gasteiger partial charge on any atom is 0.224 e. The summed E-state index contributed by atoms with van der Waals surface area (Å²) >= 11 is 0. The van der Waals surface area contributed by atoms with Crippen LogP contribution in [0.1, 0.15) is 13.8 Å². The first-order valence-electron chi connectivity index (χ1n) is 6.79. The molecule has 0 saturated carbocycles. The molecule has 0 aliphatic carbocycles. The Kier molecular flexibility index (Phi) is 9.62. The van der Waals surface area contributed by atoms with Crippen molar-refractivity contribution in [2.75, 3.05) is 20.1 Å². The predicted octanol–water partition coefficient (Wildman–Crippen LogP) is 0.840. The Morgan fingerprint density at radius 2 is 2.14 bits per heavy atom. The summed E-state index contributed by atoms with van der Waals surface area (Å²) in [5.41, 5.74) is 0.756. The number of rotatable bonds is 10. The average molecular weight is 294 g/mol. The van der Waals surface area contributed by atoms with Gasteiger partial charge in [-0.25, -0.2) is 4.99 Å². The Morgan fingerprint density at radius 3 is 2.67 bits per heavy atom. The summed E-state index contributed by atoms with van der Waals surface area (Å²) in [4.78, 5) is 17.4. The van der Waals surface area contributed by atoms with Crippen LogP contribution in [0.3, 0.4) is 0 Å². The number of nitrogens with one attached hydrogen (secondary N) is 2. The minimum atomic E-state index is -0.810. The molecule has 0 spiro atoms. The first kappa shape index (κ1) is 18.9. The molecule has 0 aromatic heterocycles. The van der Waals surface area contributed by atoms with Crippen LogP contribution in [0.25, 0.3) is 0 Å². The van der Waals surface area contributed by atoms with Crippen molar-refractivity contribution >= 4 is 12.2 Å². The topological polar surface area (TPSA) is 77.0 Å². The highest BCUT2D eigenvalue weighted by Gasteiger charge is 2.19. The van der Waals surface area contributed by atoms with E-state index in [0.29, 0.717) is 13.1 Å². The second-order valence-electron chi connectivity index (χ2n) is 4.59. The van der Waals surface area contributed by atoms with E-state index in [2.05, 4.69) is 28.8 Å². The maximum absolute atomic E-state index is 11.6. The summed E-state index contributed by atoms with van der Waals surface area (Å²) in [6, 6.07) is 0. The second kappa shape index (κ2) is 10.7. The summed E-state index contributed by atoms with van der Waals surface area (Å²) in [6.45, 7) is 11.4. The summed E-state index contributed by atoms with van der Waals surface area (Å²) in [5, 5.41) is 15.6. The molecule has 6 heteroatoms. The Morgan fingerprint density at radius 1 is 1.48 bits per heavy atom. The van der Waals surface area contributed by atoms with Gasteiger partial charge in [0.05, 0.1) is 18.8 Å². The average Bonchev–Trinajstić information content (AvgIpc) is 2.47. The van der Waals surface area contributed by atoms with Gasteiger partial charge in [-0.15, -0.1) is 0 Å². The zero-order valence-electron chi connectivity index (χ0n) is 13.0. The molecule has 0 fully saturated rings. The number of hydrogen-bond acceptors (Lipinski definition) is 4. The molecule has 0 bridgehead atoms. The van der Waals surface area contributed by atoms with Crippen LogP contribution in [-0.4, -0.2) is 48.6 Å². The smallest absolute Gasteiger partial charge is 0.224 e. The Balaban J connectivity index is 4.90. The second-order valence-corrected chi connectivity index (χ2v) is 4.59. The van der Waals surface area contributed by atoms with Gasteiger partial charge in [0.1, 0.15) is 6.23 Å². The number of carbonyl (C=O) groups excluding carboxylic acids is 1. The van der Waals surface area contributed by atoms with E-state index < -0.39 is 6.23 Å². The third-order valence-electron chi connectivity index (χ3n) is 2.77. The van der Waals surface area contributed by atoms with Crippen LogP contribution < -0.4 is 10.6 Å². The molecule has 2 atom stereocenters. The summed E-state index contributed by atoms with van der Waals surface area (Å²) < 4.78 is 0. The van der Waals surface area contributed by atoms with Crippen LogP contribution in [0.2, 0.25) is 0 Å². The predicted molar refractivity (Wildman–Crippen MR) is 86.6 cm³/mol. The van der Waals surface area contributed by atoms with Gasteiger partial charge in [0.15, 0.2) is 0 Å². The van der Waals surface area contributed by atoms with Gasteiger partial charge in [-0.1, -0.05) is 26.2 Å². The highest BCUT2D eigenvalue weighted by atomic mass is 16.3. The fraction of sp³-hybridized carbons (Fsp3) is 0.467. The molecule has 0 radical (unpaired) electrons. The van der Waals surface area contributed by atoms with Gasteiger partial charge in [0, 0.05) is 19.3 Å². The van der Waals surface area contributed by atoms with Gasteiger partial charge in [-0.05, 0) is 19.2 Å². The molecule has 1 amide bonds. The van der Waals surface area contributed by atoms with Crippen LogP contribution in [0.4, 0.5) is 0 Å². The zero-order valence-corrected chi connectivity index (χ0v) is 13.0. The molecular formula is C15H26N4O2. The summed E-state index contributed by atoms with van der Waals surface area (Å²) in [5.74, 6) is -0.362. The molecule has 0 saturated heterocycles. The molecule has 1 unspecified atom stereocenters. The van der Waals surface area contributed by atoms with Crippen LogP contribution in [0, 0.1) is 5.92 Å². The standard InChI is InChI=1S/C15H26N4O2/c1-6-8-13(4)18-11-19(14(20)9-17-7-2)10-12(3)15(21)16-5/h6-8,11-12,14,17,20H,1-2,9-10H2,3-5H3,(H,16,21)/b13-8+,18-11?/t12?,14-/m0/s1. The van der Waals surface area contributed by atoms with Gasteiger partial charge >= 0.3 is 0 Å². The lowest BCUT2D eigenvalue weighted by atomic mass is 10.1. The van der Waals surface area contributed by atoms with Crippen molar-refractivity contribution in [3.05, 3.63) is 37.2 Å². The normalized spacial score (nSPS) is 14.4. The Labute approximate surface area is 126 Å². The van der Waals surface area contributed by atoms with Crippen molar-refractivity contribution in [2.24, 2.45) is 10.9 Å². The molecule has 6 nitrogen and oxygen atoms in total. The number of hydrogen-bond donors (Lipinski definition) is 3. The molecule has 0 aliphatic heterocycles. The molecular weight excluding hydrogens is 268 g/mol. The summed E-state index contributed by atoms with van der Waals surface area (Å²) in [6.07, 6.45) is 5.62. The van der Waals surface area contributed by atoms with Crippen molar-refractivity contribution in [3.8, 4) is 0 Å². The van der Waals surface area contributed by atoms with Crippen molar-refractivity contribution in [1.82, 2.24) is 15.5 Å². The molecule has 0 aliphatic rings. The van der Waals surface area contributed by atoms with E-state index in [1.54, 1.807) is 31.0 Å². The van der Waals surface area contributed by atoms with E-state index in [1.807, 2.05) is 6.92 Å². The molecule has 0 aromatic carbocycles. The number of allylic oxidation sites excluding steroid dienone is 3. The van der Waals surface area contributed by atoms with E-state index in [9.17, 15) is 9.90 Å². The van der Waals surface area contributed by atoms with Crippen LogP contribution in [-0.2, 0) is 4.79 Å². The molecule has 0 aromatic rings. The van der Waals surface area contributed by atoms with Crippen molar-refractivity contribution in [1.29, 1.82) is 0 Å². The highest BCUT2D eigenvalue weighted by molar-refractivity contribution is 5.78. The number of carbonyl (C=O) groups is 1. The van der Waals surface area contributed by atoms with Crippen molar-refractivity contribution in [3.63, 3.8) is 0 Å². The number of aliphatic imine (C=N–C) groups is 1. The van der Waals surface area contributed by atoms with Gasteiger partial charge in [-0.3, -0.25) is 4.79 Å². The Hall–Kier alpha value is -2.08. The van der Waals surface area contributed by atoms with Crippen LogP contribution in [0.5, 0.6) is 0 Å². The van der Waals surface area contributed by atoms with Crippen molar-refractivity contribution in [2.45, 2.75) is 20.1 Å². The van der Waals surface area contributed by atoms with Gasteiger partial charge in [-0.2, -0.15) is 0 Å². The van der Waals surface area contributed by atoms with E-state index in [1.165, 1.54) is 12.5 Å². The maximum atomic E-state index is 11.6. The van der Waals surface area contributed by atoms with Gasteiger partial charge in [0.2, 0.25) is 5.91 Å². The summed E-state index contributed by atoms with van der Waals surface area (Å²) in [7, 11) is 1.59. The molecule has 0 heterocycles. The SMILES string of the molecule is C=C/C=C(\C)N=CN(CC(C)C(=O)NC)[C@@H](O)CNC=C. The van der Waals surface area contributed by atoms with Gasteiger partial charge in [0.25, 0.3) is 0 Å². The highest BCUT2D eigenvalue weighted by Crippen LogP contribution is 2.03. The number of aliphatic hydroxyl groups is 1. The zero-order chi connectivity index (χ0) is 16.3. The Bertz CT molecular complexity index is 404. The first-order valence-corrected chi connectivity index (χ1v) is 6.79. The van der Waals surface area contributed by atoms with E-state index in [-0.39, 0.29) is 11.8 Å². The lowest BCUT2D eigenvalue weighted by Gasteiger charge is -2.28. The fourth-order valence-corrected chi connectivity index (χ4v) is 1.58. The molecule has 118 valence electrons. The van der Waals surface area contributed by atoms with Crippen LogP contribution >= 0.6 is 0 Å². The third kappa shape index (κ3) is 7.94. The lowest BCUT2D eigenvalue weighted by molar-refractivity contribution is -0.124. The van der Waals surface area contributed by atoms with Crippen LogP contribution in [0.15, 0.2) is 42.2 Å². The third-order valence-corrected chi connectivity index (χ3v) is 2.77. The number of amides is 1. The molecule has 0 rings (SSSR count). The van der Waals surface area contributed by atoms with E-state index in [4.69, 9.17) is 0 Å². The van der Waals surface area contributed by atoms with Crippen molar-refractivity contribution < 1.29 is 9.90 Å². The minimum Gasteiger partial charge on any atom is -0.387 e. The fourth-order valence-electron chi connectivity index (χ4n) is 1.58. The largest absolute Gasteiger partial charge is 0.387 e. The lowest BCUT2D eigenvalue weighted by Crippen LogP contribution is -2.45.